The fourth-order valence-electron chi connectivity index (χ4n) is 3.97. The molecule has 1 atom stereocenters. The van der Waals surface area contributed by atoms with Gasteiger partial charge in [-0.2, -0.15) is 4.98 Å². The van der Waals surface area contributed by atoms with Gasteiger partial charge in [0.1, 0.15) is 5.82 Å². The second-order valence-electron chi connectivity index (χ2n) is 7.35. The first-order chi connectivity index (χ1) is 13.9. The Morgan fingerprint density at radius 3 is 2.75 bits per heavy atom. The maximum atomic E-state index is 5.75. The van der Waals surface area contributed by atoms with Crippen LogP contribution in [-0.4, -0.2) is 35.8 Å². The lowest BCUT2D eigenvalue weighted by molar-refractivity contribution is 0.120. The molecule has 0 amide bonds. The Kier molecular flexibility index (Phi) is 4.67. The van der Waals surface area contributed by atoms with Gasteiger partial charge in [0.25, 0.3) is 0 Å². The highest BCUT2D eigenvalue weighted by molar-refractivity contribution is 5.70. The number of anilines is 3. The topological polar surface area (TPSA) is 50.3 Å². The van der Waals surface area contributed by atoms with Crippen molar-refractivity contribution in [1.29, 1.82) is 0 Å². The zero-order valence-electron chi connectivity index (χ0n) is 15.8. The fourth-order valence-corrected chi connectivity index (χ4v) is 3.97. The van der Waals surface area contributed by atoms with Crippen molar-refractivity contribution in [2.75, 3.05) is 29.9 Å². The number of ether oxygens (including phenoxy) is 1. The predicted octanol–water partition coefficient (Wildman–Crippen LogP) is 4.43. The summed E-state index contributed by atoms with van der Waals surface area (Å²) in [5, 5.41) is 3.48. The minimum Gasteiger partial charge on any atom is -0.376 e. The van der Waals surface area contributed by atoms with Crippen molar-refractivity contribution in [3.05, 3.63) is 66.2 Å². The number of hydrogen-bond acceptors (Lipinski definition) is 5. The average Bonchev–Trinajstić information content (AvgIpc) is 3.42. The van der Waals surface area contributed by atoms with Gasteiger partial charge in [-0.3, -0.25) is 0 Å². The molecule has 1 N–H and O–H groups in total. The van der Waals surface area contributed by atoms with E-state index < -0.39 is 0 Å². The van der Waals surface area contributed by atoms with Crippen LogP contribution in [0.25, 0.3) is 11.3 Å². The Labute approximate surface area is 165 Å². The minimum atomic E-state index is 0.270. The van der Waals surface area contributed by atoms with Crippen LogP contribution in [0.2, 0.25) is 0 Å². The molecule has 5 nitrogen and oxygen atoms in total. The molecule has 0 aliphatic carbocycles. The lowest BCUT2D eigenvalue weighted by Crippen LogP contribution is -2.21. The number of fused-ring (bicyclic) bond motifs is 1. The molecule has 0 spiro atoms. The Bertz CT molecular complexity index is 954. The predicted molar refractivity (Wildman–Crippen MR) is 112 cm³/mol. The second-order valence-corrected chi connectivity index (χ2v) is 7.35. The maximum absolute atomic E-state index is 5.75. The number of aromatic nitrogens is 2. The smallest absolute Gasteiger partial charge is 0.232 e. The molecule has 3 aromatic rings. The van der Waals surface area contributed by atoms with E-state index in [1.165, 1.54) is 11.3 Å². The summed E-state index contributed by atoms with van der Waals surface area (Å²) in [5.41, 5.74) is 4.59. The standard InChI is InChI=1S/C23H24N4O/c1-2-7-17(8-3-1)20-15-22(24-16-19-10-6-14-28-19)26-23(25-20)27-13-12-18-9-4-5-11-21(18)27/h1-5,7-9,11,15,19H,6,10,12-14,16H2,(H,24,25,26). The first-order valence-electron chi connectivity index (χ1n) is 10.0. The molecular formula is C23H24N4O. The average molecular weight is 372 g/mol. The molecule has 2 aromatic carbocycles. The summed E-state index contributed by atoms with van der Waals surface area (Å²) in [5.74, 6) is 1.60. The van der Waals surface area contributed by atoms with E-state index in [4.69, 9.17) is 14.7 Å². The van der Waals surface area contributed by atoms with E-state index in [9.17, 15) is 0 Å². The maximum Gasteiger partial charge on any atom is 0.232 e. The molecular weight excluding hydrogens is 348 g/mol. The second kappa shape index (κ2) is 7.60. The van der Waals surface area contributed by atoms with Crippen LogP contribution in [0.15, 0.2) is 60.7 Å². The number of rotatable bonds is 5. The summed E-state index contributed by atoms with van der Waals surface area (Å²) in [6, 6.07) is 20.8. The van der Waals surface area contributed by atoms with E-state index in [0.717, 1.165) is 62.0 Å². The first kappa shape index (κ1) is 17.2. The van der Waals surface area contributed by atoms with Crippen LogP contribution in [0, 0.1) is 0 Å². The van der Waals surface area contributed by atoms with Gasteiger partial charge in [0, 0.05) is 37.0 Å². The summed E-state index contributed by atoms with van der Waals surface area (Å²) >= 11 is 0. The van der Waals surface area contributed by atoms with Crippen molar-refractivity contribution in [1.82, 2.24) is 9.97 Å². The summed E-state index contributed by atoms with van der Waals surface area (Å²) in [7, 11) is 0. The number of hydrogen-bond donors (Lipinski definition) is 1. The van der Waals surface area contributed by atoms with Gasteiger partial charge in [-0.25, -0.2) is 4.98 Å². The normalized spacial score (nSPS) is 18.3. The third kappa shape index (κ3) is 3.45. The van der Waals surface area contributed by atoms with Crippen molar-refractivity contribution < 1.29 is 4.74 Å². The molecule has 1 aromatic heterocycles. The van der Waals surface area contributed by atoms with E-state index in [1.807, 2.05) is 24.3 Å². The van der Waals surface area contributed by atoms with Crippen LogP contribution in [-0.2, 0) is 11.2 Å². The van der Waals surface area contributed by atoms with Crippen LogP contribution in [0.3, 0.4) is 0 Å². The quantitative estimate of drug-likeness (QED) is 0.718. The Balaban J connectivity index is 1.50. The van der Waals surface area contributed by atoms with Crippen LogP contribution < -0.4 is 10.2 Å². The van der Waals surface area contributed by atoms with Gasteiger partial charge in [0.05, 0.1) is 11.8 Å². The molecule has 0 saturated carbocycles. The molecule has 2 aliphatic rings. The SMILES string of the molecule is c1ccc(-c2cc(NCC3CCCO3)nc(N3CCc4ccccc43)n2)cc1. The Morgan fingerprint density at radius 1 is 1.04 bits per heavy atom. The minimum absolute atomic E-state index is 0.270. The molecule has 5 heteroatoms. The van der Waals surface area contributed by atoms with Gasteiger partial charge in [-0.15, -0.1) is 0 Å². The summed E-state index contributed by atoms with van der Waals surface area (Å²) < 4.78 is 5.75. The highest BCUT2D eigenvalue weighted by atomic mass is 16.5. The molecule has 1 saturated heterocycles. The van der Waals surface area contributed by atoms with E-state index in [0.29, 0.717) is 0 Å². The molecule has 1 unspecified atom stereocenters. The summed E-state index contributed by atoms with van der Waals surface area (Å²) in [6.07, 6.45) is 3.54. The van der Waals surface area contributed by atoms with Gasteiger partial charge in [0.15, 0.2) is 0 Å². The van der Waals surface area contributed by atoms with Crippen molar-refractivity contribution >= 4 is 17.5 Å². The number of nitrogens with one attached hydrogen (secondary N) is 1. The van der Waals surface area contributed by atoms with Gasteiger partial charge in [0.2, 0.25) is 5.95 Å². The van der Waals surface area contributed by atoms with Gasteiger partial charge in [-0.05, 0) is 30.9 Å². The monoisotopic (exact) mass is 372 g/mol. The largest absolute Gasteiger partial charge is 0.376 e. The zero-order valence-corrected chi connectivity index (χ0v) is 15.8. The van der Waals surface area contributed by atoms with Crippen LogP contribution in [0.1, 0.15) is 18.4 Å². The van der Waals surface area contributed by atoms with Crippen LogP contribution >= 0.6 is 0 Å². The first-order valence-corrected chi connectivity index (χ1v) is 10.0. The molecule has 0 bridgehead atoms. The third-order valence-electron chi connectivity index (χ3n) is 5.45. The fraction of sp³-hybridized carbons (Fsp3) is 0.304. The molecule has 0 radical (unpaired) electrons. The number of para-hydroxylation sites is 1. The third-order valence-corrected chi connectivity index (χ3v) is 5.45. The lowest BCUT2D eigenvalue weighted by atomic mass is 10.1. The molecule has 3 heterocycles. The molecule has 2 aliphatic heterocycles. The van der Waals surface area contributed by atoms with Crippen molar-refractivity contribution in [2.24, 2.45) is 0 Å². The Morgan fingerprint density at radius 2 is 1.89 bits per heavy atom. The van der Waals surface area contributed by atoms with Crippen molar-refractivity contribution in [2.45, 2.75) is 25.4 Å². The van der Waals surface area contributed by atoms with Crippen molar-refractivity contribution in [3.63, 3.8) is 0 Å². The summed E-state index contributed by atoms with van der Waals surface area (Å²) in [4.78, 5) is 12.0. The highest BCUT2D eigenvalue weighted by Gasteiger charge is 2.23. The molecule has 5 rings (SSSR count). The number of nitrogens with zero attached hydrogens (tertiary/aromatic N) is 3. The van der Waals surface area contributed by atoms with Crippen LogP contribution in [0.5, 0.6) is 0 Å². The van der Waals surface area contributed by atoms with Crippen LogP contribution in [0.4, 0.5) is 17.5 Å². The lowest BCUT2D eigenvalue weighted by Gasteiger charge is -2.20. The van der Waals surface area contributed by atoms with E-state index in [1.54, 1.807) is 0 Å². The molecule has 1 fully saturated rings. The number of benzene rings is 2. The van der Waals surface area contributed by atoms with Gasteiger partial charge >= 0.3 is 0 Å². The van der Waals surface area contributed by atoms with Gasteiger partial charge in [-0.1, -0.05) is 48.5 Å². The van der Waals surface area contributed by atoms with Crippen molar-refractivity contribution in [3.8, 4) is 11.3 Å². The Hall–Kier alpha value is -2.92. The van der Waals surface area contributed by atoms with Gasteiger partial charge < -0.3 is 15.0 Å². The summed E-state index contributed by atoms with van der Waals surface area (Å²) in [6.45, 7) is 2.55. The molecule has 142 valence electrons. The van der Waals surface area contributed by atoms with E-state index >= 15 is 0 Å². The highest BCUT2D eigenvalue weighted by Crippen LogP contribution is 2.34. The van der Waals surface area contributed by atoms with E-state index in [2.05, 4.69) is 46.6 Å². The molecule has 28 heavy (non-hydrogen) atoms. The van der Waals surface area contributed by atoms with E-state index in [-0.39, 0.29) is 6.10 Å². The zero-order chi connectivity index (χ0) is 18.8.